The van der Waals surface area contributed by atoms with Crippen LogP contribution < -0.4 is 10.2 Å². The Labute approximate surface area is 237 Å². The smallest absolute Gasteiger partial charge is 0.348 e. The Kier molecular flexibility index (Phi) is 9.56. The summed E-state index contributed by atoms with van der Waals surface area (Å²) < 4.78 is 32.3. The standard InChI is InChI=1S/C28H31N3O7S2/c1-2-29-28(35)31(22-13-15-30(16-14-22)40(36,37)19-20-7-4-3-5-8-20)23-10-6-9-21(17-23)24-11-12-25(39-24)27(34)38-18-26(32)33/h3-12,17,22H,2,13-16,18-19H2,1H3,(H,29,35)(H,32,33). The highest BCUT2D eigenvalue weighted by Crippen LogP contribution is 2.33. The third kappa shape index (κ3) is 7.26. The predicted molar refractivity (Wildman–Crippen MR) is 153 cm³/mol. The molecule has 12 heteroatoms. The first-order valence-electron chi connectivity index (χ1n) is 12.9. The number of rotatable bonds is 10. The van der Waals surface area contributed by atoms with Crippen LogP contribution in [-0.4, -0.2) is 68.1 Å². The number of carbonyl (C=O) groups excluding carboxylic acids is 2. The monoisotopic (exact) mass is 585 g/mol. The molecular weight excluding hydrogens is 554 g/mol. The molecule has 0 bridgehead atoms. The first-order chi connectivity index (χ1) is 19.2. The summed E-state index contributed by atoms with van der Waals surface area (Å²) in [6, 6.07) is 19.3. The van der Waals surface area contributed by atoms with Gasteiger partial charge in [0.1, 0.15) is 4.88 Å². The molecule has 0 aliphatic carbocycles. The molecule has 212 valence electrons. The molecule has 1 aromatic heterocycles. The normalized spacial score (nSPS) is 14.4. The van der Waals surface area contributed by atoms with Gasteiger partial charge in [-0.05, 0) is 55.2 Å². The second-order valence-electron chi connectivity index (χ2n) is 9.26. The molecule has 0 spiro atoms. The number of anilines is 1. The van der Waals surface area contributed by atoms with Gasteiger partial charge in [0.25, 0.3) is 0 Å². The molecule has 0 atom stereocenters. The third-order valence-electron chi connectivity index (χ3n) is 6.46. The average Bonchev–Trinajstić information content (AvgIpc) is 3.44. The highest BCUT2D eigenvalue weighted by molar-refractivity contribution is 7.88. The van der Waals surface area contributed by atoms with Crippen molar-refractivity contribution in [3.05, 3.63) is 77.2 Å². The zero-order valence-electron chi connectivity index (χ0n) is 22.0. The lowest BCUT2D eigenvalue weighted by Gasteiger charge is -2.38. The molecule has 0 radical (unpaired) electrons. The second kappa shape index (κ2) is 13.1. The first-order valence-corrected chi connectivity index (χ1v) is 15.3. The number of sulfonamides is 1. The van der Waals surface area contributed by atoms with Gasteiger partial charge in [-0.2, -0.15) is 0 Å². The number of esters is 1. The van der Waals surface area contributed by atoms with Crippen LogP contribution in [0, 0.1) is 0 Å². The van der Waals surface area contributed by atoms with E-state index in [1.807, 2.05) is 49.4 Å². The third-order valence-corrected chi connectivity index (χ3v) is 9.43. The average molecular weight is 586 g/mol. The van der Waals surface area contributed by atoms with Gasteiger partial charge in [-0.25, -0.2) is 27.1 Å². The molecule has 2 N–H and O–H groups in total. The fourth-order valence-electron chi connectivity index (χ4n) is 4.60. The predicted octanol–water partition coefficient (Wildman–Crippen LogP) is 4.19. The van der Waals surface area contributed by atoms with E-state index in [1.54, 1.807) is 29.2 Å². The minimum Gasteiger partial charge on any atom is -0.479 e. The molecule has 1 aliphatic heterocycles. The number of nitrogens with zero attached hydrogens (tertiary/aromatic N) is 2. The molecule has 2 heterocycles. The Morgan fingerprint density at radius 3 is 2.45 bits per heavy atom. The fourth-order valence-corrected chi connectivity index (χ4v) is 7.05. The van der Waals surface area contributed by atoms with Crippen molar-refractivity contribution < 1.29 is 32.6 Å². The fraction of sp³-hybridized carbons (Fsp3) is 0.321. The van der Waals surface area contributed by atoms with Gasteiger partial charge < -0.3 is 15.2 Å². The minimum atomic E-state index is -3.49. The van der Waals surface area contributed by atoms with Gasteiger partial charge in [-0.1, -0.05) is 42.5 Å². The lowest BCUT2D eigenvalue weighted by Crippen LogP contribution is -2.52. The van der Waals surface area contributed by atoms with Crippen molar-refractivity contribution in [1.29, 1.82) is 0 Å². The Balaban J connectivity index is 1.50. The molecule has 0 saturated carbocycles. The van der Waals surface area contributed by atoms with Gasteiger partial charge >= 0.3 is 18.0 Å². The van der Waals surface area contributed by atoms with Gasteiger partial charge in [-0.3, -0.25) is 4.90 Å². The van der Waals surface area contributed by atoms with E-state index in [9.17, 15) is 22.8 Å². The zero-order valence-corrected chi connectivity index (χ0v) is 23.6. The first kappa shape index (κ1) is 29.2. The van der Waals surface area contributed by atoms with Crippen LogP contribution in [0.25, 0.3) is 10.4 Å². The van der Waals surface area contributed by atoms with Gasteiger partial charge in [0.05, 0.1) is 5.75 Å². The minimum absolute atomic E-state index is 0.0623. The van der Waals surface area contributed by atoms with Crippen LogP contribution in [0.1, 0.15) is 35.0 Å². The quantitative estimate of drug-likeness (QED) is 0.341. The lowest BCUT2D eigenvalue weighted by atomic mass is 10.0. The van der Waals surface area contributed by atoms with Crippen molar-refractivity contribution in [2.45, 2.75) is 31.6 Å². The summed E-state index contributed by atoms with van der Waals surface area (Å²) in [6.07, 6.45) is 0.960. The molecule has 0 unspecified atom stereocenters. The molecule has 2 amide bonds. The number of hydrogen-bond acceptors (Lipinski definition) is 7. The summed E-state index contributed by atoms with van der Waals surface area (Å²) in [5.74, 6) is -2.01. The maximum atomic E-state index is 13.2. The van der Waals surface area contributed by atoms with Crippen LogP contribution in [0.3, 0.4) is 0 Å². The molecule has 2 aromatic carbocycles. The van der Waals surface area contributed by atoms with Crippen LogP contribution in [0.15, 0.2) is 66.7 Å². The summed E-state index contributed by atoms with van der Waals surface area (Å²) in [5, 5.41) is 11.6. The van der Waals surface area contributed by atoms with Gasteiger partial charge in [-0.15, -0.1) is 11.3 Å². The summed E-state index contributed by atoms with van der Waals surface area (Å²) in [4.78, 5) is 38.8. The number of carboxylic acid groups (broad SMARTS) is 1. The van der Waals surface area contributed by atoms with E-state index >= 15 is 0 Å². The topological polar surface area (TPSA) is 133 Å². The highest BCUT2D eigenvalue weighted by Gasteiger charge is 2.33. The van der Waals surface area contributed by atoms with Crippen LogP contribution in [-0.2, 0) is 25.3 Å². The van der Waals surface area contributed by atoms with Crippen LogP contribution in [0.4, 0.5) is 10.5 Å². The number of nitrogens with one attached hydrogen (secondary N) is 1. The highest BCUT2D eigenvalue weighted by atomic mass is 32.2. The number of ether oxygens (including phenoxy) is 1. The van der Waals surface area contributed by atoms with E-state index in [2.05, 4.69) is 5.32 Å². The summed E-state index contributed by atoms with van der Waals surface area (Å²) >= 11 is 1.16. The molecule has 4 rings (SSSR count). The number of urea groups is 1. The van der Waals surface area contributed by atoms with Crippen molar-refractivity contribution in [2.75, 3.05) is 31.1 Å². The van der Waals surface area contributed by atoms with E-state index in [-0.39, 0.29) is 22.7 Å². The molecule has 3 aromatic rings. The van der Waals surface area contributed by atoms with Crippen molar-refractivity contribution in [3.63, 3.8) is 0 Å². The van der Waals surface area contributed by atoms with Gasteiger partial charge in [0.2, 0.25) is 10.0 Å². The summed E-state index contributed by atoms with van der Waals surface area (Å²) in [5.41, 5.74) is 2.16. The van der Waals surface area contributed by atoms with E-state index < -0.39 is 28.6 Å². The largest absolute Gasteiger partial charge is 0.479 e. The molecule has 1 saturated heterocycles. The van der Waals surface area contributed by atoms with Crippen LogP contribution >= 0.6 is 11.3 Å². The van der Waals surface area contributed by atoms with E-state index in [0.717, 1.165) is 27.3 Å². The Hall–Kier alpha value is -3.74. The molecule has 1 fully saturated rings. The van der Waals surface area contributed by atoms with Crippen LogP contribution in [0.5, 0.6) is 0 Å². The number of piperidine rings is 1. The maximum Gasteiger partial charge on any atom is 0.348 e. The maximum absolute atomic E-state index is 13.2. The number of amides is 2. The van der Waals surface area contributed by atoms with Crippen molar-refractivity contribution in [2.24, 2.45) is 0 Å². The Morgan fingerprint density at radius 2 is 1.77 bits per heavy atom. The van der Waals surface area contributed by atoms with Gasteiger partial charge in [0, 0.05) is 36.2 Å². The van der Waals surface area contributed by atoms with E-state index in [0.29, 0.717) is 38.2 Å². The molecule has 10 nitrogen and oxygen atoms in total. The number of thiophene rings is 1. The summed E-state index contributed by atoms with van der Waals surface area (Å²) in [6.45, 7) is 2.17. The molecule has 40 heavy (non-hydrogen) atoms. The second-order valence-corrected chi connectivity index (χ2v) is 12.3. The van der Waals surface area contributed by atoms with E-state index in [4.69, 9.17) is 9.84 Å². The molecule has 1 aliphatic rings. The zero-order chi connectivity index (χ0) is 28.7. The number of aliphatic carboxylic acids is 1. The number of hydrogen-bond donors (Lipinski definition) is 2. The number of carboxylic acids is 1. The number of benzene rings is 2. The lowest BCUT2D eigenvalue weighted by molar-refractivity contribution is -0.140. The van der Waals surface area contributed by atoms with E-state index in [1.165, 1.54) is 4.31 Å². The Morgan fingerprint density at radius 1 is 1.05 bits per heavy atom. The number of carbonyl (C=O) groups is 3. The van der Waals surface area contributed by atoms with Gasteiger partial charge in [0.15, 0.2) is 6.61 Å². The van der Waals surface area contributed by atoms with Crippen molar-refractivity contribution >= 4 is 45.0 Å². The van der Waals surface area contributed by atoms with Crippen LogP contribution in [0.2, 0.25) is 0 Å². The van der Waals surface area contributed by atoms with Crippen molar-refractivity contribution in [3.8, 4) is 10.4 Å². The molecular formula is C28H31N3O7S2. The Bertz CT molecular complexity index is 1450. The van der Waals surface area contributed by atoms with Crippen molar-refractivity contribution in [1.82, 2.24) is 9.62 Å². The summed E-state index contributed by atoms with van der Waals surface area (Å²) in [7, 11) is -3.49. The SMILES string of the molecule is CCNC(=O)N(c1cccc(-c2ccc(C(=O)OCC(=O)O)s2)c1)C1CCN(S(=O)(=O)Cc2ccccc2)CC1.